The van der Waals surface area contributed by atoms with Crippen LogP contribution in [0.15, 0.2) is 0 Å². The number of hydrogen-bond acceptors (Lipinski definition) is 2. The largest absolute Gasteiger partial charge is 0.395 e. The summed E-state index contributed by atoms with van der Waals surface area (Å²) in [5.74, 6) is 0.635. The second-order valence-corrected chi connectivity index (χ2v) is 3.49. The molecule has 0 saturated carbocycles. The standard InChI is InChI=1S/C9H21NO/c1-5-9(6-11)10-8(4)7(2)3/h7-11H,5-6H2,1-4H3/t8?,9-/m1/s1. The summed E-state index contributed by atoms with van der Waals surface area (Å²) in [7, 11) is 0. The fourth-order valence-electron chi connectivity index (χ4n) is 0.864. The molecule has 2 nitrogen and oxygen atoms in total. The molecule has 1 unspecified atom stereocenters. The zero-order valence-corrected chi connectivity index (χ0v) is 8.09. The van der Waals surface area contributed by atoms with Crippen LogP contribution in [0, 0.1) is 5.92 Å². The minimum absolute atomic E-state index is 0.244. The Hall–Kier alpha value is -0.0800. The molecule has 0 heterocycles. The highest BCUT2D eigenvalue weighted by Crippen LogP contribution is 2.02. The first-order valence-corrected chi connectivity index (χ1v) is 4.48. The number of aliphatic hydroxyl groups is 1. The lowest BCUT2D eigenvalue weighted by Gasteiger charge is -2.23. The van der Waals surface area contributed by atoms with Crippen molar-refractivity contribution in [2.24, 2.45) is 5.92 Å². The molecule has 0 fully saturated rings. The van der Waals surface area contributed by atoms with Crippen LogP contribution in [-0.4, -0.2) is 23.8 Å². The van der Waals surface area contributed by atoms with Gasteiger partial charge in [0.25, 0.3) is 0 Å². The third-order valence-electron chi connectivity index (χ3n) is 2.21. The van der Waals surface area contributed by atoms with Crippen LogP contribution in [-0.2, 0) is 0 Å². The molecule has 0 aliphatic rings. The molecule has 2 atom stereocenters. The summed E-state index contributed by atoms with van der Waals surface area (Å²) in [5, 5.41) is 12.3. The van der Waals surface area contributed by atoms with Crippen LogP contribution < -0.4 is 5.32 Å². The fraction of sp³-hybridized carbons (Fsp3) is 1.00. The van der Waals surface area contributed by atoms with Crippen LogP contribution in [0.4, 0.5) is 0 Å². The molecule has 0 amide bonds. The second kappa shape index (κ2) is 5.56. The number of nitrogens with one attached hydrogen (secondary N) is 1. The topological polar surface area (TPSA) is 32.3 Å². The maximum atomic E-state index is 8.89. The SMILES string of the molecule is CC[C@H](CO)NC(C)C(C)C. The van der Waals surface area contributed by atoms with Crippen molar-refractivity contribution in [3.8, 4) is 0 Å². The molecule has 0 aromatic rings. The van der Waals surface area contributed by atoms with E-state index in [1.54, 1.807) is 0 Å². The molecule has 0 saturated heterocycles. The van der Waals surface area contributed by atoms with Crippen LogP contribution >= 0.6 is 0 Å². The van der Waals surface area contributed by atoms with Crippen molar-refractivity contribution in [1.82, 2.24) is 5.32 Å². The average molecular weight is 159 g/mol. The van der Waals surface area contributed by atoms with Gasteiger partial charge in [-0.1, -0.05) is 20.8 Å². The number of hydrogen-bond donors (Lipinski definition) is 2. The third-order valence-corrected chi connectivity index (χ3v) is 2.21. The van der Waals surface area contributed by atoms with Gasteiger partial charge in [0.05, 0.1) is 6.61 Å². The van der Waals surface area contributed by atoms with Crippen molar-refractivity contribution in [2.45, 2.75) is 46.2 Å². The normalized spacial score (nSPS) is 16.9. The molecule has 11 heavy (non-hydrogen) atoms. The highest BCUT2D eigenvalue weighted by atomic mass is 16.3. The van der Waals surface area contributed by atoms with Gasteiger partial charge in [-0.05, 0) is 19.3 Å². The van der Waals surface area contributed by atoms with Crippen LogP contribution in [0.25, 0.3) is 0 Å². The van der Waals surface area contributed by atoms with Gasteiger partial charge in [-0.2, -0.15) is 0 Å². The molecule has 0 rings (SSSR count). The van der Waals surface area contributed by atoms with Gasteiger partial charge in [-0.25, -0.2) is 0 Å². The molecule has 0 radical (unpaired) electrons. The number of rotatable bonds is 5. The summed E-state index contributed by atoms with van der Waals surface area (Å²) in [6.45, 7) is 8.85. The molecule has 0 spiro atoms. The first kappa shape index (κ1) is 10.9. The Morgan fingerprint density at radius 2 is 1.82 bits per heavy atom. The predicted octanol–water partition coefficient (Wildman–Crippen LogP) is 1.39. The molecule has 0 bridgehead atoms. The molecule has 68 valence electrons. The van der Waals surface area contributed by atoms with Crippen molar-refractivity contribution in [3.63, 3.8) is 0 Å². The Morgan fingerprint density at radius 1 is 1.27 bits per heavy atom. The predicted molar refractivity (Wildman–Crippen MR) is 48.6 cm³/mol. The zero-order valence-electron chi connectivity index (χ0n) is 8.09. The lowest BCUT2D eigenvalue weighted by Crippen LogP contribution is -2.41. The van der Waals surface area contributed by atoms with Crippen LogP contribution in [0.3, 0.4) is 0 Å². The van der Waals surface area contributed by atoms with E-state index in [1.165, 1.54) is 0 Å². The van der Waals surface area contributed by atoms with E-state index in [0.29, 0.717) is 12.0 Å². The minimum atomic E-state index is 0.244. The van der Waals surface area contributed by atoms with E-state index in [9.17, 15) is 0 Å². The van der Waals surface area contributed by atoms with Crippen molar-refractivity contribution >= 4 is 0 Å². The second-order valence-electron chi connectivity index (χ2n) is 3.49. The Bertz CT molecular complexity index is 89.6. The fourth-order valence-corrected chi connectivity index (χ4v) is 0.864. The first-order chi connectivity index (χ1) is 5.11. The molecular formula is C9H21NO. The molecule has 2 N–H and O–H groups in total. The van der Waals surface area contributed by atoms with E-state index in [-0.39, 0.29) is 12.6 Å². The molecule has 2 heteroatoms. The van der Waals surface area contributed by atoms with E-state index in [1.807, 2.05) is 0 Å². The van der Waals surface area contributed by atoms with Gasteiger partial charge in [-0.3, -0.25) is 0 Å². The van der Waals surface area contributed by atoms with E-state index in [2.05, 4.69) is 33.0 Å². The van der Waals surface area contributed by atoms with Crippen molar-refractivity contribution in [2.75, 3.05) is 6.61 Å². The van der Waals surface area contributed by atoms with Crippen molar-refractivity contribution in [3.05, 3.63) is 0 Å². The van der Waals surface area contributed by atoms with Crippen molar-refractivity contribution < 1.29 is 5.11 Å². The summed E-state index contributed by atoms with van der Waals surface area (Å²) in [5.41, 5.74) is 0. The monoisotopic (exact) mass is 159 g/mol. The lowest BCUT2D eigenvalue weighted by atomic mass is 10.1. The van der Waals surface area contributed by atoms with Gasteiger partial charge < -0.3 is 10.4 Å². The Morgan fingerprint density at radius 3 is 2.09 bits per heavy atom. The van der Waals surface area contributed by atoms with Gasteiger partial charge in [-0.15, -0.1) is 0 Å². The van der Waals surface area contributed by atoms with Crippen molar-refractivity contribution in [1.29, 1.82) is 0 Å². The van der Waals surface area contributed by atoms with Crippen LogP contribution in [0.2, 0.25) is 0 Å². The number of aliphatic hydroxyl groups excluding tert-OH is 1. The summed E-state index contributed by atoms with van der Waals surface area (Å²) < 4.78 is 0. The highest BCUT2D eigenvalue weighted by Gasteiger charge is 2.11. The quantitative estimate of drug-likeness (QED) is 0.635. The average Bonchev–Trinajstić information content (AvgIpc) is 1.99. The maximum Gasteiger partial charge on any atom is 0.0584 e. The summed E-state index contributed by atoms with van der Waals surface area (Å²) in [6, 6.07) is 0.763. The van der Waals surface area contributed by atoms with Gasteiger partial charge in [0.2, 0.25) is 0 Å². The van der Waals surface area contributed by atoms with E-state index in [0.717, 1.165) is 6.42 Å². The van der Waals surface area contributed by atoms with E-state index >= 15 is 0 Å². The van der Waals surface area contributed by atoms with E-state index in [4.69, 9.17) is 5.11 Å². The zero-order chi connectivity index (χ0) is 8.85. The Kier molecular flexibility index (Phi) is 5.51. The molecule has 0 aromatic carbocycles. The highest BCUT2D eigenvalue weighted by molar-refractivity contribution is 4.71. The minimum Gasteiger partial charge on any atom is -0.395 e. The van der Waals surface area contributed by atoms with E-state index < -0.39 is 0 Å². The lowest BCUT2D eigenvalue weighted by molar-refractivity contribution is 0.220. The maximum absolute atomic E-state index is 8.89. The van der Waals surface area contributed by atoms with Gasteiger partial charge >= 0.3 is 0 Å². The summed E-state index contributed by atoms with van der Waals surface area (Å²) in [6.07, 6.45) is 0.994. The summed E-state index contributed by atoms with van der Waals surface area (Å²) >= 11 is 0. The van der Waals surface area contributed by atoms with Gasteiger partial charge in [0.1, 0.15) is 0 Å². The molecule has 0 aromatic heterocycles. The first-order valence-electron chi connectivity index (χ1n) is 4.48. The summed E-state index contributed by atoms with van der Waals surface area (Å²) in [4.78, 5) is 0. The Labute approximate surface area is 70.0 Å². The smallest absolute Gasteiger partial charge is 0.0584 e. The van der Waals surface area contributed by atoms with Crippen LogP contribution in [0.1, 0.15) is 34.1 Å². The Balaban J connectivity index is 3.62. The molecular weight excluding hydrogens is 138 g/mol. The molecule has 0 aliphatic heterocycles. The third kappa shape index (κ3) is 4.38. The van der Waals surface area contributed by atoms with Crippen LogP contribution in [0.5, 0.6) is 0 Å². The van der Waals surface area contributed by atoms with Gasteiger partial charge in [0, 0.05) is 12.1 Å². The molecule has 0 aliphatic carbocycles. The van der Waals surface area contributed by atoms with Gasteiger partial charge in [0.15, 0.2) is 0 Å².